The van der Waals surface area contributed by atoms with Gasteiger partial charge in [-0.1, -0.05) is 44.5 Å². The lowest BCUT2D eigenvalue weighted by atomic mass is 9.87. The van der Waals surface area contributed by atoms with E-state index in [2.05, 4.69) is 36.3 Å². The third kappa shape index (κ3) is 6.31. The largest absolute Gasteiger partial charge is 0.471 e. The van der Waals surface area contributed by atoms with Crippen molar-refractivity contribution in [1.82, 2.24) is 24.9 Å². The van der Waals surface area contributed by atoms with Crippen LogP contribution in [-0.2, 0) is 24.9 Å². The van der Waals surface area contributed by atoms with Gasteiger partial charge in [-0.25, -0.2) is 4.68 Å². The van der Waals surface area contributed by atoms with Crippen LogP contribution in [0.25, 0.3) is 0 Å². The number of halogens is 4. The Morgan fingerprint density at radius 3 is 2.38 bits per heavy atom. The van der Waals surface area contributed by atoms with Gasteiger partial charge < -0.3 is 10.1 Å². The first-order valence-electron chi connectivity index (χ1n) is 10.7. The average Bonchev–Trinajstić information content (AvgIpc) is 3.35. The third-order valence-corrected chi connectivity index (χ3v) is 5.64. The van der Waals surface area contributed by atoms with Crippen molar-refractivity contribution in [1.29, 1.82) is 0 Å². The van der Waals surface area contributed by atoms with E-state index in [1.165, 1.54) is 21.9 Å². The van der Waals surface area contributed by atoms with Gasteiger partial charge in [-0.2, -0.15) is 23.4 Å². The number of hydrogen-bond acceptors (Lipinski definition) is 4. The number of amides is 1. The van der Waals surface area contributed by atoms with Crippen LogP contribution in [0.3, 0.4) is 0 Å². The lowest BCUT2D eigenvalue weighted by Crippen LogP contribution is -2.26. The summed E-state index contributed by atoms with van der Waals surface area (Å²) >= 11 is 5.74. The quantitative estimate of drug-likeness (QED) is 0.433. The first-order valence-corrected chi connectivity index (χ1v) is 11.1. The normalized spacial score (nSPS) is 12.1. The molecule has 11 heteroatoms. The molecule has 3 aromatic rings. The number of carbonyl (C=O) groups is 1. The molecule has 0 spiro atoms. The molecule has 2 aromatic heterocycles. The van der Waals surface area contributed by atoms with Crippen molar-refractivity contribution >= 4 is 17.5 Å². The minimum Gasteiger partial charge on any atom is -0.471 e. The molecule has 0 aliphatic rings. The molecule has 184 valence electrons. The van der Waals surface area contributed by atoms with Gasteiger partial charge in [0.25, 0.3) is 5.91 Å². The number of nitrogens with one attached hydrogen (secondary N) is 1. The van der Waals surface area contributed by atoms with E-state index < -0.39 is 16.9 Å². The summed E-state index contributed by atoms with van der Waals surface area (Å²) in [6.07, 6.45) is -2.61. The zero-order valence-electron chi connectivity index (χ0n) is 19.4. The molecule has 3 rings (SSSR count). The highest BCUT2D eigenvalue weighted by molar-refractivity contribution is 6.31. The minimum absolute atomic E-state index is 0.0546. The van der Waals surface area contributed by atoms with Gasteiger partial charge in [0.15, 0.2) is 12.4 Å². The van der Waals surface area contributed by atoms with Crippen LogP contribution in [0.5, 0.6) is 5.75 Å². The molecular weight excluding hydrogens is 471 g/mol. The van der Waals surface area contributed by atoms with Crippen LogP contribution in [0.2, 0.25) is 5.02 Å². The maximum atomic E-state index is 12.9. The molecule has 0 saturated heterocycles. The Kier molecular flexibility index (Phi) is 7.60. The average molecular weight is 498 g/mol. The summed E-state index contributed by atoms with van der Waals surface area (Å²) < 4.78 is 47.1. The molecule has 1 N–H and O–H groups in total. The van der Waals surface area contributed by atoms with Gasteiger partial charge in [0, 0.05) is 19.3 Å². The lowest BCUT2D eigenvalue weighted by molar-refractivity contribution is -0.141. The standard InChI is InChI=1S/C23H27ClF3N5O2/c1-15-19(24)20(23(25,26)27)30-32(15)12-5-11-28-21(33)18-10-13-31(29-18)14-34-17-8-6-16(7-9-17)22(2,3)4/h6-10,13H,5,11-12,14H2,1-4H3,(H,28,33). The number of aromatic nitrogens is 4. The van der Waals surface area contributed by atoms with Crippen LogP contribution in [0.15, 0.2) is 36.5 Å². The zero-order valence-corrected chi connectivity index (χ0v) is 20.2. The van der Waals surface area contributed by atoms with Crippen LogP contribution in [0.4, 0.5) is 13.2 Å². The number of aryl methyl sites for hydroxylation is 1. The topological polar surface area (TPSA) is 74.0 Å². The molecule has 0 unspecified atom stereocenters. The summed E-state index contributed by atoms with van der Waals surface area (Å²) in [7, 11) is 0. The van der Waals surface area contributed by atoms with Gasteiger partial charge >= 0.3 is 6.18 Å². The Morgan fingerprint density at radius 2 is 1.79 bits per heavy atom. The molecule has 0 saturated carbocycles. The van der Waals surface area contributed by atoms with Crippen LogP contribution in [-0.4, -0.2) is 32.0 Å². The van der Waals surface area contributed by atoms with Crippen molar-refractivity contribution in [3.05, 3.63) is 64.2 Å². The second-order valence-electron chi connectivity index (χ2n) is 8.87. The first kappa shape index (κ1) is 25.6. The van der Waals surface area contributed by atoms with Crippen molar-refractivity contribution in [2.45, 2.75) is 59.0 Å². The molecule has 0 fully saturated rings. The van der Waals surface area contributed by atoms with Crippen molar-refractivity contribution in [2.75, 3.05) is 6.54 Å². The number of ether oxygens (including phenoxy) is 1. The van der Waals surface area contributed by atoms with Gasteiger partial charge in [0.1, 0.15) is 11.4 Å². The fourth-order valence-electron chi connectivity index (χ4n) is 3.19. The number of hydrogen-bond donors (Lipinski definition) is 1. The molecule has 1 amide bonds. The molecular formula is C23H27ClF3N5O2. The van der Waals surface area contributed by atoms with Gasteiger partial charge in [-0.05, 0) is 42.5 Å². The van der Waals surface area contributed by atoms with Crippen LogP contribution in [0, 0.1) is 6.92 Å². The predicted octanol–water partition coefficient (Wildman–Crippen LogP) is 5.21. The molecule has 0 atom stereocenters. The number of rotatable bonds is 8. The molecule has 7 nitrogen and oxygen atoms in total. The van der Waals surface area contributed by atoms with E-state index in [4.69, 9.17) is 16.3 Å². The highest BCUT2D eigenvalue weighted by atomic mass is 35.5. The number of carbonyl (C=O) groups excluding carboxylic acids is 1. The highest BCUT2D eigenvalue weighted by Gasteiger charge is 2.38. The van der Waals surface area contributed by atoms with Gasteiger partial charge in [0.05, 0.1) is 10.7 Å². The van der Waals surface area contributed by atoms with Crippen molar-refractivity contribution in [3.8, 4) is 5.75 Å². The van der Waals surface area contributed by atoms with Crippen LogP contribution in [0.1, 0.15) is 54.6 Å². The van der Waals surface area contributed by atoms with Crippen LogP contribution >= 0.6 is 11.6 Å². The summed E-state index contributed by atoms with van der Waals surface area (Å²) in [5.74, 6) is 0.302. The summed E-state index contributed by atoms with van der Waals surface area (Å²) in [5.41, 5.74) is 0.591. The number of nitrogens with zero attached hydrogens (tertiary/aromatic N) is 4. The van der Waals surface area contributed by atoms with E-state index >= 15 is 0 Å². The van der Waals surface area contributed by atoms with E-state index in [1.807, 2.05) is 24.3 Å². The molecule has 2 heterocycles. The van der Waals surface area contributed by atoms with E-state index in [0.29, 0.717) is 12.2 Å². The SMILES string of the molecule is Cc1c(Cl)c(C(F)(F)F)nn1CCCNC(=O)c1ccn(COc2ccc(C(C)(C)C)cc2)n1. The van der Waals surface area contributed by atoms with E-state index in [0.717, 1.165) is 0 Å². The Balaban J connectivity index is 1.46. The fourth-order valence-corrected chi connectivity index (χ4v) is 3.43. The Hall–Kier alpha value is -3.01. The van der Waals surface area contributed by atoms with E-state index in [1.54, 1.807) is 12.3 Å². The molecule has 0 aliphatic carbocycles. The highest BCUT2D eigenvalue weighted by Crippen LogP contribution is 2.35. The smallest absolute Gasteiger partial charge is 0.436 e. The summed E-state index contributed by atoms with van der Waals surface area (Å²) in [4.78, 5) is 12.3. The second kappa shape index (κ2) is 10.1. The fraction of sp³-hybridized carbons (Fsp3) is 0.435. The van der Waals surface area contributed by atoms with Crippen molar-refractivity contribution in [2.24, 2.45) is 0 Å². The van der Waals surface area contributed by atoms with E-state index in [-0.39, 0.29) is 42.5 Å². The van der Waals surface area contributed by atoms with E-state index in [9.17, 15) is 18.0 Å². The molecule has 0 radical (unpaired) electrons. The zero-order chi connectivity index (χ0) is 25.1. The summed E-state index contributed by atoms with van der Waals surface area (Å²) in [6.45, 7) is 8.43. The molecule has 1 aromatic carbocycles. The second-order valence-corrected chi connectivity index (χ2v) is 9.24. The van der Waals surface area contributed by atoms with Crippen LogP contribution < -0.4 is 10.1 Å². The summed E-state index contributed by atoms with van der Waals surface area (Å²) in [6, 6.07) is 9.38. The molecule has 34 heavy (non-hydrogen) atoms. The molecule has 0 aliphatic heterocycles. The van der Waals surface area contributed by atoms with Crippen molar-refractivity contribution < 1.29 is 22.7 Å². The number of benzene rings is 1. The Labute approximate surface area is 200 Å². The Morgan fingerprint density at radius 1 is 1.12 bits per heavy atom. The van der Waals surface area contributed by atoms with Gasteiger partial charge in [-0.15, -0.1) is 0 Å². The first-order chi connectivity index (χ1) is 15.9. The predicted molar refractivity (Wildman–Crippen MR) is 122 cm³/mol. The van der Waals surface area contributed by atoms with Gasteiger partial charge in [-0.3, -0.25) is 9.48 Å². The number of alkyl halides is 3. The van der Waals surface area contributed by atoms with Crippen molar-refractivity contribution in [3.63, 3.8) is 0 Å². The monoisotopic (exact) mass is 497 g/mol. The minimum atomic E-state index is -4.61. The lowest BCUT2D eigenvalue weighted by Gasteiger charge is -2.19. The maximum Gasteiger partial charge on any atom is 0.436 e. The summed E-state index contributed by atoms with van der Waals surface area (Å²) in [5, 5.41) is 10.0. The Bertz CT molecular complexity index is 1130. The molecule has 0 bridgehead atoms. The maximum absolute atomic E-state index is 12.9. The van der Waals surface area contributed by atoms with Gasteiger partial charge in [0.2, 0.25) is 0 Å². The third-order valence-electron chi connectivity index (χ3n) is 5.19.